The predicted molar refractivity (Wildman–Crippen MR) is 136 cm³/mol. The second kappa shape index (κ2) is 9.73. The first-order valence-corrected chi connectivity index (χ1v) is 14.7. The van der Waals surface area contributed by atoms with Crippen LogP contribution in [0, 0.1) is 34.5 Å². The third kappa shape index (κ3) is 4.00. The minimum atomic E-state index is -1.37. The van der Waals surface area contributed by atoms with E-state index in [1.165, 1.54) is 0 Å². The van der Waals surface area contributed by atoms with Gasteiger partial charge in [0.05, 0.1) is 23.9 Å². The number of hydrogen-bond donors (Lipinski definition) is 6. The first-order chi connectivity index (χ1) is 18.4. The molecule has 0 aromatic heterocycles. The highest BCUT2D eigenvalue weighted by Gasteiger charge is 2.70. The second-order valence-electron chi connectivity index (χ2n) is 13.5. The molecule has 220 valence electrons. The summed E-state index contributed by atoms with van der Waals surface area (Å²) in [6, 6.07) is 0. The molecule has 6 rings (SSSR count). The summed E-state index contributed by atoms with van der Waals surface area (Å²) in [7, 11) is 0. The third-order valence-corrected chi connectivity index (χ3v) is 12.0. The van der Waals surface area contributed by atoms with E-state index in [0.29, 0.717) is 32.1 Å². The Morgan fingerprint density at radius 1 is 1.05 bits per heavy atom. The van der Waals surface area contributed by atoms with E-state index in [4.69, 9.17) is 14.2 Å². The highest BCUT2D eigenvalue weighted by molar-refractivity contribution is 5.85. The minimum Gasteiger partial charge on any atom is -0.458 e. The number of carbonyl (C=O) groups is 1. The van der Waals surface area contributed by atoms with Crippen LogP contribution in [0.5, 0.6) is 0 Å². The average Bonchev–Trinajstić information content (AvgIpc) is 3.45. The fourth-order valence-electron chi connectivity index (χ4n) is 9.99. The maximum absolute atomic E-state index is 12.4. The fourth-order valence-corrected chi connectivity index (χ4v) is 9.99. The molecule has 10 nitrogen and oxygen atoms in total. The summed E-state index contributed by atoms with van der Waals surface area (Å²) in [5.74, 6) is -0.753. The molecule has 14 atom stereocenters. The molecule has 1 saturated heterocycles. The van der Waals surface area contributed by atoms with Crippen molar-refractivity contribution in [2.24, 2.45) is 34.5 Å². The molecule has 6 aliphatic rings. The summed E-state index contributed by atoms with van der Waals surface area (Å²) in [4.78, 5) is 11.8. The van der Waals surface area contributed by atoms with Gasteiger partial charge in [-0.25, -0.2) is 4.79 Å². The van der Waals surface area contributed by atoms with Crippen molar-refractivity contribution in [1.29, 1.82) is 0 Å². The van der Waals surface area contributed by atoms with Gasteiger partial charge in [-0.05, 0) is 87.5 Å². The Hall–Kier alpha value is -1.11. The van der Waals surface area contributed by atoms with Crippen LogP contribution in [0.2, 0.25) is 0 Å². The molecule has 4 saturated carbocycles. The lowest BCUT2D eigenvalue weighted by atomic mass is 9.42. The zero-order valence-corrected chi connectivity index (χ0v) is 22.8. The lowest BCUT2D eigenvalue weighted by molar-refractivity contribution is -0.313. The number of fused-ring (bicyclic) bond motifs is 5. The number of cyclic esters (lactones) is 1. The lowest BCUT2D eigenvalue weighted by Gasteiger charge is -2.65. The normalized spacial score (nSPS) is 55.3. The van der Waals surface area contributed by atoms with E-state index in [1.54, 1.807) is 13.0 Å². The maximum Gasteiger partial charge on any atom is 0.331 e. The Bertz CT molecular complexity index is 1000. The van der Waals surface area contributed by atoms with Gasteiger partial charge < -0.3 is 44.8 Å². The molecule has 0 unspecified atom stereocenters. The SMILES string of the molecule is C[C@@H]1O[C@@H](O[C@H]2CC[C@@]3(CO)[C@H](CC[C@@H]4[C@@H]3[C@H](O)C[C@]3(C)[C@@H](C5=CC(=O)OC5)CC[C@]43O)C2)[C@H](O)[C@H](O)[C@@H]1O. The van der Waals surface area contributed by atoms with Gasteiger partial charge in [-0.15, -0.1) is 0 Å². The summed E-state index contributed by atoms with van der Waals surface area (Å²) < 4.78 is 17.0. The molecule has 10 heteroatoms. The minimum absolute atomic E-state index is 0.0327. The molecule has 4 aliphatic carbocycles. The van der Waals surface area contributed by atoms with Gasteiger partial charge in [-0.2, -0.15) is 0 Å². The monoisotopic (exact) mass is 552 g/mol. The van der Waals surface area contributed by atoms with Crippen LogP contribution in [0.1, 0.15) is 65.2 Å². The molecule has 0 radical (unpaired) electrons. The number of aliphatic hydroxyl groups is 6. The van der Waals surface area contributed by atoms with Crippen LogP contribution in [-0.4, -0.2) is 98.3 Å². The van der Waals surface area contributed by atoms with Crippen molar-refractivity contribution in [2.75, 3.05) is 13.2 Å². The van der Waals surface area contributed by atoms with Gasteiger partial charge in [0.25, 0.3) is 0 Å². The highest BCUT2D eigenvalue weighted by Crippen LogP contribution is 2.70. The van der Waals surface area contributed by atoms with Gasteiger partial charge in [-0.3, -0.25) is 0 Å². The number of carbonyl (C=O) groups excluding carboxylic acids is 1. The zero-order valence-electron chi connectivity index (χ0n) is 22.8. The molecule has 39 heavy (non-hydrogen) atoms. The van der Waals surface area contributed by atoms with Crippen LogP contribution in [0.4, 0.5) is 0 Å². The standard InChI is InChI=1S/C29H44O10/c1-14-23(33)24(34)25(35)26(38-14)39-17-5-7-28(13-30)16(10-17)3-4-19-22(28)20(31)11-27(2)18(6-8-29(19,27)36)15-9-21(32)37-12-15/h9,14,16-20,22-26,30-31,33-36H,3-8,10-13H2,1-2H3/t14-,16+,17-,18+,19+,20+,22+,23+,24+,25+,26-,27+,28+,29-/m0/s1. The number of hydrogen-bond acceptors (Lipinski definition) is 10. The van der Waals surface area contributed by atoms with E-state index < -0.39 is 53.2 Å². The van der Waals surface area contributed by atoms with Crippen molar-refractivity contribution in [3.05, 3.63) is 11.6 Å². The maximum atomic E-state index is 12.4. The Labute approximate surface area is 229 Å². The van der Waals surface area contributed by atoms with Crippen molar-refractivity contribution < 1.29 is 49.6 Å². The van der Waals surface area contributed by atoms with Gasteiger partial charge in [0.15, 0.2) is 6.29 Å². The lowest BCUT2D eigenvalue weighted by Crippen LogP contribution is -2.68. The van der Waals surface area contributed by atoms with Crippen molar-refractivity contribution in [1.82, 2.24) is 0 Å². The zero-order chi connectivity index (χ0) is 27.9. The number of rotatable bonds is 4. The van der Waals surface area contributed by atoms with Crippen molar-refractivity contribution in [3.63, 3.8) is 0 Å². The van der Waals surface area contributed by atoms with Gasteiger partial charge in [-0.1, -0.05) is 6.92 Å². The van der Waals surface area contributed by atoms with Crippen LogP contribution in [0.15, 0.2) is 11.6 Å². The number of ether oxygens (including phenoxy) is 3. The van der Waals surface area contributed by atoms with E-state index in [0.717, 1.165) is 24.8 Å². The van der Waals surface area contributed by atoms with E-state index in [-0.39, 0.29) is 49.0 Å². The van der Waals surface area contributed by atoms with Crippen molar-refractivity contribution in [3.8, 4) is 0 Å². The summed E-state index contributed by atoms with van der Waals surface area (Å²) in [5.41, 5.74) is -1.25. The van der Waals surface area contributed by atoms with E-state index >= 15 is 0 Å². The van der Waals surface area contributed by atoms with Crippen LogP contribution >= 0.6 is 0 Å². The van der Waals surface area contributed by atoms with Crippen LogP contribution in [-0.2, 0) is 19.0 Å². The summed E-state index contributed by atoms with van der Waals surface area (Å²) >= 11 is 0. The largest absolute Gasteiger partial charge is 0.458 e. The smallest absolute Gasteiger partial charge is 0.331 e. The van der Waals surface area contributed by atoms with Gasteiger partial charge in [0.1, 0.15) is 24.9 Å². The molecule has 0 spiro atoms. The summed E-state index contributed by atoms with van der Waals surface area (Å²) in [6.07, 6.45) is -0.0583. The van der Waals surface area contributed by atoms with Crippen molar-refractivity contribution >= 4 is 5.97 Å². The molecule has 2 aliphatic heterocycles. The molecule has 6 N–H and O–H groups in total. The van der Waals surface area contributed by atoms with E-state index in [9.17, 15) is 35.4 Å². The molecule has 5 fully saturated rings. The summed E-state index contributed by atoms with van der Waals surface area (Å²) in [5, 5.41) is 65.7. The van der Waals surface area contributed by atoms with Crippen LogP contribution in [0.25, 0.3) is 0 Å². The molecule has 2 heterocycles. The Kier molecular flexibility index (Phi) is 6.99. The quantitative estimate of drug-likeness (QED) is 0.212. The van der Waals surface area contributed by atoms with Gasteiger partial charge in [0.2, 0.25) is 0 Å². The number of esters is 1. The van der Waals surface area contributed by atoms with E-state index in [1.807, 2.05) is 0 Å². The third-order valence-electron chi connectivity index (χ3n) is 12.0. The van der Waals surface area contributed by atoms with Crippen LogP contribution in [0.3, 0.4) is 0 Å². The Morgan fingerprint density at radius 2 is 1.82 bits per heavy atom. The Balaban J connectivity index is 1.22. The average molecular weight is 553 g/mol. The first-order valence-electron chi connectivity index (χ1n) is 14.7. The Morgan fingerprint density at radius 3 is 2.51 bits per heavy atom. The predicted octanol–water partition coefficient (Wildman–Crippen LogP) is 0.399. The molecule has 0 amide bonds. The fraction of sp³-hybridized carbons (Fsp3) is 0.897. The number of aliphatic hydroxyl groups excluding tert-OH is 5. The molecule has 0 bridgehead atoms. The highest BCUT2D eigenvalue weighted by atomic mass is 16.7. The summed E-state index contributed by atoms with van der Waals surface area (Å²) in [6.45, 7) is 3.84. The molecule has 0 aromatic rings. The molecule has 0 aromatic carbocycles. The molecular formula is C29H44O10. The van der Waals surface area contributed by atoms with Gasteiger partial charge in [0, 0.05) is 23.5 Å². The second-order valence-corrected chi connectivity index (χ2v) is 13.5. The molecular weight excluding hydrogens is 508 g/mol. The van der Waals surface area contributed by atoms with Gasteiger partial charge >= 0.3 is 5.97 Å². The van der Waals surface area contributed by atoms with Crippen molar-refractivity contribution in [2.45, 2.75) is 114 Å². The van der Waals surface area contributed by atoms with E-state index in [2.05, 4.69) is 6.92 Å². The first kappa shape index (κ1) is 28.0. The topological polar surface area (TPSA) is 166 Å². The van der Waals surface area contributed by atoms with Crippen LogP contribution < -0.4 is 0 Å².